The molecule has 0 bridgehead atoms. The smallest absolute Gasteiger partial charge is 0.0224 e. The second kappa shape index (κ2) is 5.25. The first-order chi connectivity index (χ1) is 8.33. The van der Waals surface area contributed by atoms with Crippen LogP contribution in [-0.2, 0) is 0 Å². The van der Waals surface area contributed by atoms with Crippen molar-refractivity contribution >= 4 is 0 Å². The Labute approximate surface area is 105 Å². The lowest BCUT2D eigenvalue weighted by molar-refractivity contribution is 0.0815. The van der Waals surface area contributed by atoms with E-state index in [2.05, 4.69) is 9.80 Å². The summed E-state index contributed by atoms with van der Waals surface area (Å²) in [4.78, 5) is 5.39. The van der Waals surface area contributed by atoms with Gasteiger partial charge in [0.2, 0.25) is 0 Å². The maximum absolute atomic E-state index is 6.27. The third kappa shape index (κ3) is 2.67. The van der Waals surface area contributed by atoms with Gasteiger partial charge < -0.3 is 10.6 Å². The molecule has 3 aliphatic rings. The molecule has 0 aromatic heterocycles. The molecule has 2 N–H and O–H groups in total. The van der Waals surface area contributed by atoms with Gasteiger partial charge in [0.05, 0.1) is 0 Å². The van der Waals surface area contributed by atoms with Crippen molar-refractivity contribution in [1.82, 2.24) is 9.80 Å². The summed E-state index contributed by atoms with van der Waals surface area (Å²) in [7, 11) is 0. The Morgan fingerprint density at radius 1 is 0.941 bits per heavy atom. The number of fused-ring (bicyclic) bond motifs is 1. The molecule has 3 nitrogen and oxygen atoms in total. The molecular formula is C14H27N3. The third-order valence-electron chi connectivity index (χ3n) is 5.13. The number of piperazine rings is 1. The van der Waals surface area contributed by atoms with Gasteiger partial charge in [-0.3, -0.25) is 4.90 Å². The molecule has 3 rings (SSSR count). The Morgan fingerprint density at radius 3 is 2.71 bits per heavy atom. The van der Waals surface area contributed by atoms with Crippen LogP contribution >= 0.6 is 0 Å². The van der Waals surface area contributed by atoms with Crippen molar-refractivity contribution in [3.8, 4) is 0 Å². The molecule has 1 aliphatic carbocycles. The normalized spacial score (nSPS) is 40.4. The van der Waals surface area contributed by atoms with Crippen LogP contribution in [-0.4, -0.2) is 54.6 Å². The Balaban J connectivity index is 1.51. The van der Waals surface area contributed by atoms with Gasteiger partial charge in [0.15, 0.2) is 0 Å². The predicted octanol–water partition coefficient (Wildman–Crippen LogP) is 1.28. The summed E-state index contributed by atoms with van der Waals surface area (Å²) in [5.74, 6) is 0.775. The van der Waals surface area contributed by atoms with Crippen LogP contribution in [0.1, 0.15) is 38.5 Å². The largest absolute Gasteiger partial charge is 0.327 e. The Morgan fingerprint density at radius 2 is 1.82 bits per heavy atom. The Bertz CT molecular complexity index is 256. The Kier molecular flexibility index (Phi) is 3.69. The summed E-state index contributed by atoms with van der Waals surface area (Å²) in [6.45, 7) is 6.50. The van der Waals surface area contributed by atoms with Gasteiger partial charge in [-0.1, -0.05) is 12.8 Å². The van der Waals surface area contributed by atoms with Gasteiger partial charge in [0.25, 0.3) is 0 Å². The van der Waals surface area contributed by atoms with E-state index in [9.17, 15) is 0 Å². The molecule has 0 amide bonds. The van der Waals surface area contributed by atoms with Gasteiger partial charge in [0.1, 0.15) is 0 Å². The van der Waals surface area contributed by atoms with E-state index in [-0.39, 0.29) is 0 Å². The molecule has 2 heterocycles. The molecule has 3 atom stereocenters. The van der Waals surface area contributed by atoms with Crippen LogP contribution in [0, 0.1) is 5.92 Å². The van der Waals surface area contributed by atoms with Gasteiger partial charge in [-0.2, -0.15) is 0 Å². The molecule has 0 aromatic rings. The molecule has 2 saturated heterocycles. The molecule has 0 aromatic carbocycles. The van der Waals surface area contributed by atoms with E-state index in [4.69, 9.17) is 5.73 Å². The van der Waals surface area contributed by atoms with E-state index in [1.165, 1.54) is 71.2 Å². The first kappa shape index (κ1) is 11.9. The predicted molar refractivity (Wildman–Crippen MR) is 71.0 cm³/mol. The van der Waals surface area contributed by atoms with Gasteiger partial charge in [-0.05, 0) is 38.1 Å². The fourth-order valence-corrected chi connectivity index (χ4v) is 4.02. The quantitative estimate of drug-likeness (QED) is 0.785. The van der Waals surface area contributed by atoms with E-state index in [1.807, 2.05) is 0 Å². The molecule has 17 heavy (non-hydrogen) atoms. The summed E-state index contributed by atoms with van der Waals surface area (Å²) in [6, 6.07) is 1.34. The zero-order valence-electron chi connectivity index (χ0n) is 11.0. The highest BCUT2D eigenvalue weighted by atomic mass is 15.3. The first-order valence-electron chi connectivity index (χ1n) is 7.55. The molecule has 2 aliphatic heterocycles. The number of nitrogens with two attached hydrogens (primary N) is 1. The summed E-state index contributed by atoms with van der Waals surface area (Å²) < 4.78 is 0. The van der Waals surface area contributed by atoms with Crippen molar-refractivity contribution in [1.29, 1.82) is 0 Å². The molecule has 0 radical (unpaired) electrons. The minimum absolute atomic E-state index is 0.477. The third-order valence-corrected chi connectivity index (χ3v) is 5.13. The lowest BCUT2D eigenvalue weighted by Gasteiger charge is -2.40. The first-order valence-corrected chi connectivity index (χ1v) is 7.55. The number of rotatable bonds is 2. The van der Waals surface area contributed by atoms with Crippen LogP contribution in [0.4, 0.5) is 0 Å². The SMILES string of the molecule is NC1CCCCC1CN1CCN2CCCC2C1. The topological polar surface area (TPSA) is 32.5 Å². The van der Waals surface area contributed by atoms with E-state index < -0.39 is 0 Å². The molecule has 1 saturated carbocycles. The van der Waals surface area contributed by atoms with Crippen molar-refractivity contribution in [2.75, 3.05) is 32.7 Å². The number of hydrogen-bond donors (Lipinski definition) is 1. The minimum atomic E-state index is 0.477. The van der Waals surface area contributed by atoms with E-state index in [0.717, 1.165) is 12.0 Å². The van der Waals surface area contributed by atoms with Gasteiger partial charge >= 0.3 is 0 Å². The van der Waals surface area contributed by atoms with Gasteiger partial charge in [-0.25, -0.2) is 0 Å². The molecular weight excluding hydrogens is 210 g/mol. The fourth-order valence-electron chi connectivity index (χ4n) is 4.02. The highest BCUT2D eigenvalue weighted by Crippen LogP contribution is 2.26. The highest BCUT2D eigenvalue weighted by molar-refractivity contribution is 4.89. The Hall–Kier alpha value is -0.120. The maximum atomic E-state index is 6.27. The van der Waals surface area contributed by atoms with E-state index in [1.54, 1.807) is 0 Å². The average molecular weight is 237 g/mol. The van der Waals surface area contributed by atoms with Crippen molar-refractivity contribution in [2.24, 2.45) is 11.7 Å². The lowest BCUT2D eigenvalue weighted by atomic mass is 9.84. The number of hydrogen-bond acceptors (Lipinski definition) is 3. The number of nitrogens with zero attached hydrogens (tertiary/aromatic N) is 2. The summed E-state index contributed by atoms with van der Waals surface area (Å²) in [6.07, 6.45) is 8.23. The van der Waals surface area contributed by atoms with Crippen LogP contribution in [0.3, 0.4) is 0 Å². The van der Waals surface area contributed by atoms with Crippen LogP contribution in [0.25, 0.3) is 0 Å². The molecule has 98 valence electrons. The monoisotopic (exact) mass is 237 g/mol. The van der Waals surface area contributed by atoms with E-state index >= 15 is 0 Å². The van der Waals surface area contributed by atoms with Gasteiger partial charge in [-0.15, -0.1) is 0 Å². The minimum Gasteiger partial charge on any atom is -0.327 e. The zero-order valence-corrected chi connectivity index (χ0v) is 11.0. The highest BCUT2D eigenvalue weighted by Gasteiger charge is 2.32. The van der Waals surface area contributed by atoms with Crippen molar-refractivity contribution < 1.29 is 0 Å². The van der Waals surface area contributed by atoms with Crippen molar-refractivity contribution in [2.45, 2.75) is 50.6 Å². The second-order valence-electron chi connectivity index (χ2n) is 6.30. The zero-order chi connectivity index (χ0) is 11.7. The molecule has 3 heteroatoms. The summed E-state index contributed by atoms with van der Waals surface area (Å²) in [5, 5.41) is 0. The maximum Gasteiger partial charge on any atom is 0.0224 e. The van der Waals surface area contributed by atoms with Crippen LogP contribution in [0.5, 0.6) is 0 Å². The second-order valence-corrected chi connectivity index (χ2v) is 6.30. The van der Waals surface area contributed by atoms with Crippen LogP contribution < -0.4 is 5.73 Å². The van der Waals surface area contributed by atoms with Gasteiger partial charge in [0, 0.05) is 38.3 Å². The average Bonchev–Trinajstić information content (AvgIpc) is 2.79. The summed E-state index contributed by atoms with van der Waals surface area (Å²) in [5.41, 5.74) is 6.27. The van der Waals surface area contributed by atoms with Crippen LogP contribution in [0.15, 0.2) is 0 Å². The molecule has 0 spiro atoms. The van der Waals surface area contributed by atoms with Crippen LogP contribution in [0.2, 0.25) is 0 Å². The fraction of sp³-hybridized carbons (Fsp3) is 1.00. The molecule has 3 fully saturated rings. The lowest BCUT2D eigenvalue weighted by Crippen LogP contribution is -2.52. The van der Waals surface area contributed by atoms with Crippen molar-refractivity contribution in [3.63, 3.8) is 0 Å². The standard InChI is InChI=1S/C14H27N3/c15-14-6-2-1-4-12(14)10-16-8-9-17-7-3-5-13(17)11-16/h12-14H,1-11,15H2. The summed E-state index contributed by atoms with van der Waals surface area (Å²) >= 11 is 0. The van der Waals surface area contributed by atoms with E-state index in [0.29, 0.717) is 6.04 Å². The molecule has 3 unspecified atom stereocenters. The van der Waals surface area contributed by atoms with Crippen molar-refractivity contribution in [3.05, 3.63) is 0 Å².